The van der Waals surface area contributed by atoms with Crippen LogP contribution in [0.1, 0.15) is 30.0 Å². The fourth-order valence-corrected chi connectivity index (χ4v) is 2.36. The van der Waals surface area contributed by atoms with Crippen LogP contribution in [0.2, 0.25) is 0 Å². The second-order valence-electron chi connectivity index (χ2n) is 5.75. The van der Waals surface area contributed by atoms with E-state index in [1.807, 2.05) is 10.9 Å². The minimum Gasteiger partial charge on any atom is -0.357 e. The molecular formula is C18H27N5. The maximum atomic E-state index is 4.65. The highest BCUT2D eigenvalue weighted by molar-refractivity contribution is 5.79. The van der Waals surface area contributed by atoms with Gasteiger partial charge in [0.2, 0.25) is 0 Å². The van der Waals surface area contributed by atoms with Crippen molar-refractivity contribution in [3.63, 3.8) is 0 Å². The summed E-state index contributed by atoms with van der Waals surface area (Å²) in [7, 11) is 0. The molecule has 0 amide bonds. The first-order valence-electron chi connectivity index (χ1n) is 8.24. The Labute approximate surface area is 138 Å². The summed E-state index contributed by atoms with van der Waals surface area (Å²) in [4.78, 5) is 4.65. The molecule has 0 aliphatic rings. The lowest BCUT2D eigenvalue weighted by Crippen LogP contribution is -2.38. The molecule has 2 rings (SSSR count). The van der Waals surface area contributed by atoms with Crippen LogP contribution in [0.4, 0.5) is 0 Å². The third-order valence-electron chi connectivity index (χ3n) is 3.47. The molecule has 23 heavy (non-hydrogen) atoms. The minimum absolute atomic E-state index is 0.690. The Morgan fingerprint density at radius 2 is 2.09 bits per heavy atom. The van der Waals surface area contributed by atoms with Crippen molar-refractivity contribution in [2.75, 3.05) is 13.1 Å². The van der Waals surface area contributed by atoms with Crippen LogP contribution >= 0.6 is 0 Å². The first-order valence-corrected chi connectivity index (χ1v) is 8.24. The van der Waals surface area contributed by atoms with Crippen LogP contribution in [0.5, 0.6) is 0 Å². The van der Waals surface area contributed by atoms with Crippen molar-refractivity contribution < 1.29 is 0 Å². The van der Waals surface area contributed by atoms with E-state index in [-0.39, 0.29) is 0 Å². The number of nitrogens with zero attached hydrogens (tertiary/aromatic N) is 3. The van der Waals surface area contributed by atoms with E-state index in [0.717, 1.165) is 32.0 Å². The molecule has 0 fully saturated rings. The molecule has 0 spiro atoms. The SMILES string of the molecule is CCNC(=NCc1cccc(C)c1)NCCCn1cc(C)cn1. The average molecular weight is 313 g/mol. The van der Waals surface area contributed by atoms with Gasteiger partial charge >= 0.3 is 0 Å². The number of aromatic nitrogens is 2. The van der Waals surface area contributed by atoms with Gasteiger partial charge in [0.15, 0.2) is 5.96 Å². The Kier molecular flexibility index (Phi) is 6.66. The van der Waals surface area contributed by atoms with E-state index in [1.165, 1.54) is 16.7 Å². The van der Waals surface area contributed by atoms with Gasteiger partial charge in [0, 0.05) is 25.8 Å². The molecule has 0 atom stereocenters. The molecule has 1 heterocycles. The minimum atomic E-state index is 0.690. The van der Waals surface area contributed by atoms with Crippen molar-refractivity contribution in [2.45, 2.75) is 40.3 Å². The van der Waals surface area contributed by atoms with E-state index in [0.29, 0.717) is 6.54 Å². The number of aryl methyl sites for hydroxylation is 3. The third-order valence-corrected chi connectivity index (χ3v) is 3.47. The van der Waals surface area contributed by atoms with Gasteiger partial charge in [-0.2, -0.15) is 5.10 Å². The largest absolute Gasteiger partial charge is 0.357 e. The lowest BCUT2D eigenvalue weighted by atomic mass is 10.1. The summed E-state index contributed by atoms with van der Waals surface area (Å²) in [6.45, 7) is 9.58. The van der Waals surface area contributed by atoms with Crippen LogP contribution in [-0.2, 0) is 13.1 Å². The maximum Gasteiger partial charge on any atom is 0.191 e. The van der Waals surface area contributed by atoms with Gasteiger partial charge in [-0.3, -0.25) is 4.68 Å². The van der Waals surface area contributed by atoms with Gasteiger partial charge in [-0.15, -0.1) is 0 Å². The van der Waals surface area contributed by atoms with E-state index in [9.17, 15) is 0 Å². The standard InChI is InChI=1S/C18H27N5/c1-4-19-18(21-13-17-8-5-7-15(2)11-17)20-9-6-10-23-14-16(3)12-22-23/h5,7-8,11-12,14H,4,6,9-10,13H2,1-3H3,(H2,19,20,21). The summed E-state index contributed by atoms with van der Waals surface area (Å²) in [5.74, 6) is 0.866. The number of rotatable bonds is 7. The smallest absolute Gasteiger partial charge is 0.191 e. The van der Waals surface area contributed by atoms with Crippen molar-refractivity contribution in [2.24, 2.45) is 4.99 Å². The van der Waals surface area contributed by atoms with Crippen LogP contribution in [0.15, 0.2) is 41.7 Å². The highest BCUT2D eigenvalue weighted by Gasteiger charge is 1.99. The Bertz CT molecular complexity index is 630. The van der Waals surface area contributed by atoms with E-state index in [4.69, 9.17) is 0 Å². The number of hydrogen-bond acceptors (Lipinski definition) is 2. The average Bonchev–Trinajstić information content (AvgIpc) is 2.94. The molecule has 2 N–H and O–H groups in total. The zero-order valence-electron chi connectivity index (χ0n) is 14.3. The summed E-state index contributed by atoms with van der Waals surface area (Å²) >= 11 is 0. The van der Waals surface area contributed by atoms with Crippen molar-refractivity contribution in [1.29, 1.82) is 0 Å². The van der Waals surface area contributed by atoms with Crippen molar-refractivity contribution in [3.05, 3.63) is 53.3 Å². The summed E-state index contributed by atoms with van der Waals surface area (Å²) in [5, 5.41) is 11.0. The lowest BCUT2D eigenvalue weighted by Gasteiger charge is -2.11. The van der Waals surface area contributed by atoms with E-state index >= 15 is 0 Å². The third kappa shape index (κ3) is 6.14. The quantitative estimate of drug-likeness (QED) is 0.469. The van der Waals surface area contributed by atoms with E-state index in [2.05, 4.69) is 72.0 Å². The van der Waals surface area contributed by atoms with Gasteiger partial charge in [0.25, 0.3) is 0 Å². The van der Waals surface area contributed by atoms with E-state index < -0.39 is 0 Å². The first-order chi connectivity index (χ1) is 11.2. The molecule has 5 heteroatoms. The highest BCUT2D eigenvalue weighted by atomic mass is 15.3. The van der Waals surface area contributed by atoms with Gasteiger partial charge in [0.1, 0.15) is 0 Å². The summed E-state index contributed by atoms with van der Waals surface area (Å²) in [6.07, 6.45) is 4.97. The maximum absolute atomic E-state index is 4.65. The number of aliphatic imine (C=N–C) groups is 1. The molecule has 0 aliphatic carbocycles. The Balaban J connectivity index is 1.79. The normalized spacial score (nSPS) is 11.5. The molecule has 2 aromatic rings. The fraction of sp³-hybridized carbons (Fsp3) is 0.444. The van der Waals surface area contributed by atoms with Crippen LogP contribution in [0.25, 0.3) is 0 Å². The second kappa shape index (κ2) is 8.98. The van der Waals surface area contributed by atoms with Gasteiger partial charge in [-0.1, -0.05) is 29.8 Å². The van der Waals surface area contributed by atoms with Gasteiger partial charge in [0.05, 0.1) is 12.7 Å². The molecule has 124 valence electrons. The number of nitrogens with one attached hydrogen (secondary N) is 2. The van der Waals surface area contributed by atoms with E-state index in [1.54, 1.807) is 0 Å². The van der Waals surface area contributed by atoms with Crippen LogP contribution < -0.4 is 10.6 Å². The molecule has 0 saturated heterocycles. The number of hydrogen-bond donors (Lipinski definition) is 2. The number of benzene rings is 1. The van der Waals surface area contributed by atoms with Crippen LogP contribution in [-0.4, -0.2) is 28.8 Å². The Hall–Kier alpha value is -2.30. The predicted molar refractivity (Wildman–Crippen MR) is 95.6 cm³/mol. The molecule has 5 nitrogen and oxygen atoms in total. The molecule has 1 aromatic carbocycles. The zero-order chi connectivity index (χ0) is 16.5. The van der Waals surface area contributed by atoms with Crippen molar-refractivity contribution in [1.82, 2.24) is 20.4 Å². The Morgan fingerprint density at radius 3 is 2.78 bits per heavy atom. The monoisotopic (exact) mass is 313 g/mol. The number of guanidine groups is 1. The molecular weight excluding hydrogens is 286 g/mol. The molecule has 0 bridgehead atoms. The van der Waals surface area contributed by atoms with Crippen LogP contribution in [0, 0.1) is 13.8 Å². The van der Waals surface area contributed by atoms with Crippen LogP contribution in [0.3, 0.4) is 0 Å². The summed E-state index contributed by atoms with van der Waals surface area (Å²) < 4.78 is 1.98. The van der Waals surface area contributed by atoms with Gasteiger partial charge in [-0.05, 0) is 38.3 Å². The van der Waals surface area contributed by atoms with Crippen molar-refractivity contribution in [3.8, 4) is 0 Å². The summed E-state index contributed by atoms with van der Waals surface area (Å²) in [5.41, 5.74) is 3.70. The van der Waals surface area contributed by atoms with Crippen molar-refractivity contribution >= 4 is 5.96 Å². The predicted octanol–water partition coefficient (Wildman–Crippen LogP) is 2.65. The highest BCUT2D eigenvalue weighted by Crippen LogP contribution is 2.05. The molecule has 0 saturated carbocycles. The Morgan fingerprint density at radius 1 is 1.22 bits per heavy atom. The fourth-order valence-electron chi connectivity index (χ4n) is 2.36. The topological polar surface area (TPSA) is 54.2 Å². The first kappa shape index (κ1) is 17.1. The lowest BCUT2D eigenvalue weighted by molar-refractivity contribution is 0.570. The molecule has 0 unspecified atom stereocenters. The molecule has 1 aromatic heterocycles. The van der Waals surface area contributed by atoms with Gasteiger partial charge in [-0.25, -0.2) is 4.99 Å². The zero-order valence-corrected chi connectivity index (χ0v) is 14.3. The van der Waals surface area contributed by atoms with Gasteiger partial charge < -0.3 is 10.6 Å². The summed E-state index contributed by atoms with van der Waals surface area (Å²) in [6, 6.07) is 8.47. The molecule has 0 aliphatic heterocycles. The second-order valence-corrected chi connectivity index (χ2v) is 5.75. The molecule has 0 radical (unpaired) electrons.